The Balaban J connectivity index is 2.17. The molecule has 0 bridgehead atoms. The number of pyridine rings is 1. The molecule has 0 saturated carbocycles. The van der Waals surface area contributed by atoms with Crippen molar-refractivity contribution < 1.29 is 8.42 Å². The molecule has 0 aromatic carbocycles. The fourth-order valence-corrected chi connectivity index (χ4v) is 3.35. The number of hydrogen-bond donors (Lipinski definition) is 3. The number of aromatic amines is 1. The van der Waals surface area contributed by atoms with Gasteiger partial charge in [-0.25, -0.2) is 18.1 Å². The van der Waals surface area contributed by atoms with Crippen LogP contribution in [0.1, 0.15) is 19.0 Å². The summed E-state index contributed by atoms with van der Waals surface area (Å²) in [6.07, 6.45) is 2.40. The van der Waals surface area contributed by atoms with Crippen LogP contribution in [0.4, 0.5) is 5.82 Å². The highest BCUT2D eigenvalue weighted by molar-refractivity contribution is 7.89. The Morgan fingerprint density at radius 3 is 2.90 bits per heavy atom. The maximum Gasteiger partial charge on any atom is 0.304 e. The SMILES string of the molecule is CCCNc1ncccc1S(=O)(=O)NCc1csc(=O)[nH]1. The molecule has 0 aliphatic carbocycles. The van der Waals surface area contributed by atoms with Gasteiger partial charge in [0.25, 0.3) is 0 Å². The van der Waals surface area contributed by atoms with E-state index in [1.807, 2.05) is 6.92 Å². The molecule has 2 rings (SSSR count). The van der Waals surface area contributed by atoms with Gasteiger partial charge in [-0.05, 0) is 18.6 Å². The molecule has 0 radical (unpaired) electrons. The van der Waals surface area contributed by atoms with Gasteiger partial charge in [0.2, 0.25) is 10.0 Å². The van der Waals surface area contributed by atoms with Crippen LogP contribution in [-0.4, -0.2) is 24.9 Å². The zero-order chi connectivity index (χ0) is 15.3. The molecule has 0 fully saturated rings. The Hall–Kier alpha value is -1.71. The molecular weight excluding hydrogens is 312 g/mol. The number of thiazole rings is 1. The number of nitrogens with one attached hydrogen (secondary N) is 3. The lowest BCUT2D eigenvalue weighted by atomic mass is 10.4. The van der Waals surface area contributed by atoms with Crippen LogP contribution in [0.3, 0.4) is 0 Å². The van der Waals surface area contributed by atoms with E-state index in [9.17, 15) is 13.2 Å². The van der Waals surface area contributed by atoms with Crippen LogP contribution in [0.5, 0.6) is 0 Å². The van der Waals surface area contributed by atoms with Crippen molar-refractivity contribution in [1.82, 2.24) is 14.7 Å². The van der Waals surface area contributed by atoms with E-state index in [4.69, 9.17) is 0 Å². The lowest BCUT2D eigenvalue weighted by Crippen LogP contribution is -2.25. The van der Waals surface area contributed by atoms with Gasteiger partial charge >= 0.3 is 4.87 Å². The summed E-state index contributed by atoms with van der Waals surface area (Å²) in [5.41, 5.74) is 0.528. The zero-order valence-corrected chi connectivity index (χ0v) is 13.1. The molecule has 3 N–H and O–H groups in total. The first-order valence-corrected chi connectivity index (χ1v) is 8.74. The molecule has 2 aromatic heterocycles. The minimum atomic E-state index is -3.70. The summed E-state index contributed by atoms with van der Waals surface area (Å²) in [4.78, 5) is 17.5. The van der Waals surface area contributed by atoms with Crippen LogP contribution in [0.15, 0.2) is 33.4 Å². The van der Waals surface area contributed by atoms with Gasteiger partial charge in [-0.2, -0.15) is 0 Å². The van der Waals surface area contributed by atoms with Gasteiger partial charge in [0.1, 0.15) is 10.7 Å². The van der Waals surface area contributed by atoms with E-state index in [0.29, 0.717) is 18.1 Å². The lowest BCUT2D eigenvalue weighted by molar-refractivity contribution is 0.580. The first kappa shape index (κ1) is 15.7. The number of rotatable bonds is 7. The monoisotopic (exact) mass is 328 g/mol. The maximum absolute atomic E-state index is 12.3. The Labute approximate surface area is 126 Å². The summed E-state index contributed by atoms with van der Waals surface area (Å²) in [5.74, 6) is 0.325. The first-order valence-electron chi connectivity index (χ1n) is 6.38. The van der Waals surface area contributed by atoms with Crippen molar-refractivity contribution in [1.29, 1.82) is 0 Å². The average molecular weight is 328 g/mol. The number of sulfonamides is 1. The highest BCUT2D eigenvalue weighted by atomic mass is 32.2. The van der Waals surface area contributed by atoms with Crippen molar-refractivity contribution in [2.75, 3.05) is 11.9 Å². The van der Waals surface area contributed by atoms with Crippen molar-refractivity contribution in [3.63, 3.8) is 0 Å². The predicted octanol–water partition coefficient (Wildman–Crippen LogP) is 1.13. The van der Waals surface area contributed by atoms with Crippen molar-refractivity contribution in [2.24, 2.45) is 0 Å². The highest BCUT2D eigenvalue weighted by Gasteiger charge is 2.19. The summed E-state index contributed by atoms with van der Waals surface area (Å²) < 4.78 is 27.1. The van der Waals surface area contributed by atoms with Crippen LogP contribution in [0.25, 0.3) is 0 Å². The summed E-state index contributed by atoms with van der Waals surface area (Å²) in [6.45, 7) is 2.65. The fourth-order valence-electron chi connectivity index (χ4n) is 1.63. The van der Waals surface area contributed by atoms with E-state index in [2.05, 4.69) is 20.0 Å². The molecule has 0 unspecified atom stereocenters. The van der Waals surface area contributed by atoms with Crippen LogP contribution in [-0.2, 0) is 16.6 Å². The van der Waals surface area contributed by atoms with Crippen LogP contribution in [0.2, 0.25) is 0 Å². The molecule has 9 heteroatoms. The van der Waals surface area contributed by atoms with Gasteiger partial charge in [-0.15, -0.1) is 0 Å². The molecule has 0 amide bonds. The molecule has 2 aromatic rings. The molecule has 21 heavy (non-hydrogen) atoms. The molecule has 7 nitrogen and oxygen atoms in total. The Morgan fingerprint density at radius 1 is 1.43 bits per heavy atom. The van der Waals surface area contributed by atoms with Crippen molar-refractivity contribution in [2.45, 2.75) is 24.8 Å². The normalized spacial score (nSPS) is 11.5. The van der Waals surface area contributed by atoms with Crippen LogP contribution in [0, 0.1) is 0 Å². The van der Waals surface area contributed by atoms with Gasteiger partial charge in [-0.3, -0.25) is 4.79 Å². The van der Waals surface area contributed by atoms with E-state index >= 15 is 0 Å². The summed E-state index contributed by atoms with van der Waals surface area (Å²) >= 11 is 0.994. The number of nitrogens with zero attached hydrogens (tertiary/aromatic N) is 1. The molecule has 114 valence electrons. The van der Waals surface area contributed by atoms with E-state index in [-0.39, 0.29) is 16.3 Å². The Morgan fingerprint density at radius 2 is 2.24 bits per heavy atom. The second-order valence-corrected chi connectivity index (χ2v) is 6.85. The second-order valence-electron chi connectivity index (χ2n) is 4.27. The topological polar surface area (TPSA) is 104 Å². The maximum atomic E-state index is 12.3. The molecule has 0 atom stereocenters. The third kappa shape index (κ3) is 4.13. The minimum absolute atomic E-state index is 0.0309. The molecule has 0 aliphatic rings. The first-order chi connectivity index (χ1) is 10.0. The van der Waals surface area contributed by atoms with Gasteiger partial charge in [0.15, 0.2) is 0 Å². The molecule has 2 heterocycles. The third-order valence-electron chi connectivity index (χ3n) is 2.63. The molecule has 0 spiro atoms. The van der Waals surface area contributed by atoms with E-state index in [1.54, 1.807) is 11.4 Å². The molecule has 0 aliphatic heterocycles. The standard InChI is InChI=1S/C12H16N4O3S2/c1-2-5-13-11-10(4-3-6-14-11)21(18,19)15-7-9-8-20-12(17)16-9/h3-4,6,8,15H,2,5,7H2,1H3,(H,13,14)(H,16,17). The Kier molecular flexibility index (Phi) is 5.10. The van der Waals surface area contributed by atoms with Gasteiger partial charge < -0.3 is 10.3 Å². The van der Waals surface area contributed by atoms with Crippen LogP contribution >= 0.6 is 11.3 Å². The van der Waals surface area contributed by atoms with E-state index in [1.165, 1.54) is 12.3 Å². The van der Waals surface area contributed by atoms with E-state index < -0.39 is 10.0 Å². The predicted molar refractivity (Wildman–Crippen MR) is 82.0 cm³/mol. The number of aromatic nitrogens is 2. The lowest BCUT2D eigenvalue weighted by Gasteiger charge is -2.11. The average Bonchev–Trinajstić information content (AvgIpc) is 2.89. The molecular formula is C12H16N4O3S2. The minimum Gasteiger partial charge on any atom is -0.369 e. The molecule has 0 saturated heterocycles. The summed E-state index contributed by atoms with van der Waals surface area (Å²) in [6, 6.07) is 3.06. The number of H-pyrrole nitrogens is 1. The van der Waals surface area contributed by atoms with Crippen molar-refractivity contribution >= 4 is 27.2 Å². The fraction of sp³-hybridized carbons (Fsp3) is 0.333. The van der Waals surface area contributed by atoms with Crippen molar-refractivity contribution in [3.8, 4) is 0 Å². The van der Waals surface area contributed by atoms with Crippen LogP contribution < -0.4 is 14.9 Å². The summed E-state index contributed by atoms with van der Waals surface area (Å²) in [5, 5.41) is 4.57. The second kappa shape index (κ2) is 6.83. The zero-order valence-electron chi connectivity index (χ0n) is 11.4. The summed E-state index contributed by atoms with van der Waals surface area (Å²) in [7, 11) is -3.70. The smallest absolute Gasteiger partial charge is 0.304 e. The van der Waals surface area contributed by atoms with Gasteiger partial charge in [-0.1, -0.05) is 18.3 Å². The number of hydrogen-bond acceptors (Lipinski definition) is 6. The van der Waals surface area contributed by atoms with Crippen molar-refractivity contribution in [3.05, 3.63) is 39.1 Å². The Bertz CT molecular complexity index is 752. The third-order valence-corrected chi connectivity index (χ3v) is 4.78. The van der Waals surface area contributed by atoms with E-state index in [0.717, 1.165) is 17.8 Å². The quantitative estimate of drug-likeness (QED) is 0.707. The van der Waals surface area contributed by atoms with Gasteiger partial charge in [0.05, 0.1) is 6.54 Å². The highest BCUT2D eigenvalue weighted by Crippen LogP contribution is 2.18. The largest absolute Gasteiger partial charge is 0.369 e. The number of anilines is 1. The van der Waals surface area contributed by atoms with Gasteiger partial charge in [0, 0.05) is 23.8 Å².